The quantitative estimate of drug-likeness (QED) is 0.722. The highest BCUT2D eigenvalue weighted by molar-refractivity contribution is 7.89. The van der Waals surface area contributed by atoms with Crippen LogP contribution in [0.15, 0.2) is 47.4 Å². The highest BCUT2D eigenvalue weighted by Crippen LogP contribution is 2.28. The molecule has 146 valence electrons. The van der Waals surface area contributed by atoms with Gasteiger partial charge in [-0.25, -0.2) is 12.7 Å². The van der Waals surface area contributed by atoms with Gasteiger partial charge in [-0.15, -0.1) is 0 Å². The van der Waals surface area contributed by atoms with Gasteiger partial charge in [0.25, 0.3) is 0 Å². The molecule has 0 unspecified atom stereocenters. The summed E-state index contributed by atoms with van der Waals surface area (Å²) in [6.07, 6.45) is 0.881. The maximum atomic E-state index is 12.3. The van der Waals surface area contributed by atoms with E-state index in [-0.39, 0.29) is 17.3 Å². The Labute approximate surface area is 160 Å². The summed E-state index contributed by atoms with van der Waals surface area (Å²) in [7, 11) is 0.827. The Hall–Kier alpha value is -2.58. The SMILES string of the molecule is CCc1cccc(NC(=O)CNc2cc(S(=O)(=O)N(C)C)ccc2OC)c1. The van der Waals surface area contributed by atoms with Gasteiger partial charge in [0.05, 0.1) is 24.2 Å². The van der Waals surface area contributed by atoms with Gasteiger partial charge in [0, 0.05) is 19.8 Å². The van der Waals surface area contributed by atoms with E-state index in [9.17, 15) is 13.2 Å². The lowest BCUT2D eigenvalue weighted by atomic mass is 10.1. The van der Waals surface area contributed by atoms with Crippen molar-refractivity contribution in [2.24, 2.45) is 0 Å². The summed E-state index contributed by atoms with van der Waals surface area (Å²) in [6.45, 7) is 2.02. The topological polar surface area (TPSA) is 87.7 Å². The lowest BCUT2D eigenvalue weighted by Crippen LogP contribution is -2.23. The maximum Gasteiger partial charge on any atom is 0.243 e. The van der Waals surface area contributed by atoms with E-state index >= 15 is 0 Å². The van der Waals surface area contributed by atoms with E-state index in [1.165, 1.54) is 33.3 Å². The minimum atomic E-state index is -3.58. The summed E-state index contributed by atoms with van der Waals surface area (Å²) in [5.74, 6) is 0.208. The number of nitrogens with one attached hydrogen (secondary N) is 2. The molecule has 2 N–H and O–H groups in total. The molecule has 0 aliphatic heterocycles. The van der Waals surface area contributed by atoms with Crippen molar-refractivity contribution in [3.05, 3.63) is 48.0 Å². The number of rotatable bonds is 8. The molecule has 0 heterocycles. The van der Waals surface area contributed by atoms with Gasteiger partial charge in [-0.05, 0) is 42.3 Å². The van der Waals surface area contributed by atoms with Crippen molar-refractivity contribution in [3.8, 4) is 5.75 Å². The number of nitrogens with zero attached hydrogens (tertiary/aromatic N) is 1. The summed E-state index contributed by atoms with van der Waals surface area (Å²) in [4.78, 5) is 12.4. The minimum Gasteiger partial charge on any atom is -0.495 e. The summed E-state index contributed by atoms with van der Waals surface area (Å²) in [5.41, 5.74) is 2.28. The van der Waals surface area contributed by atoms with Crippen molar-refractivity contribution in [1.82, 2.24) is 4.31 Å². The van der Waals surface area contributed by atoms with Gasteiger partial charge in [-0.2, -0.15) is 0 Å². The van der Waals surface area contributed by atoms with Crippen molar-refractivity contribution in [1.29, 1.82) is 0 Å². The Morgan fingerprint density at radius 2 is 1.89 bits per heavy atom. The second-order valence-electron chi connectivity index (χ2n) is 6.11. The number of benzene rings is 2. The first-order valence-electron chi connectivity index (χ1n) is 8.51. The van der Waals surface area contributed by atoms with Crippen molar-refractivity contribution < 1.29 is 17.9 Å². The van der Waals surface area contributed by atoms with E-state index in [0.29, 0.717) is 11.4 Å². The molecule has 0 spiro atoms. The zero-order valence-corrected chi connectivity index (χ0v) is 16.8. The van der Waals surface area contributed by atoms with Gasteiger partial charge in [-0.1, -0.05) is 19.1 Å². The molecule has 2 rings (SSSR count). The standard InChI is InChI=1S/C19H25N3O4S/c1-5-14-7-6-8-15(11-14)21-19(23)13-20-17-12-16(9-10-18(17)26-4)27(24,25)22(2)3/h6-12,20H,5,13H2,1-4H3,(H,21,23). The van der Waals surface area contributed by atoms with Crippen LogP contribution in [0.5, 0.6) is 5.75 Å². The largest absolute Gasteiger partial charge is 0.495 e. The Morgan fingerprint density at radius 3 is 2.52 bits per heavy atom. The van der Waals surface area contributed by atoms with E-state index in [2.05, 4.69) is 10.6 Å². The average Bonchev–Trinajstić information content (AvgIpc) is 2.66. The first-order valence-corrected chi connectivity index (χ1v) is 9.95. The molecule has 0 radical (unpaired) electrons. The average molecular weight is 391 g/mol. The number of amides is 1. The molecule has 0 aliphatic carbocycles. The first kappa shape index (κ1) is 20.7. The highest BCUT2D eigenvalue weighted by Gasteiger charge is 2.19. The number of carbonyl (C=O) groups is 1. The number of methoxy groups -OCH3 is 1. The van der Waals surface area contributed by atoms with E-state index in [1.807, 2.05) is 31.2 Å². The molecule has 0 saturated carbocycles. The molecule has 2 aromatic rings. The molecule has 0 atom stereocenters. The van der Waals surface area contributed by atoms with Crippen LogP contribution in [0, 0.1) is 0 Å². The zero-order chi connectivity index (χ0) is 20.0. The molecule has 7 nitrogen and oxygen atoms in total. The summed E-state index contributed by atoms with van der Waals surface area (Å²) < 4.78 is 31.0. The van der Waals surface area contributed by atoms with Gasteiger partial charge >= 0.3 is 0 Å². The van der Waals surface area contributed by atoms with Crippen LogP contribution < -0.4 is 15.4 Å². The third kappa shape index (κ3) is 5.21. The number of ether oxygens (including phenoxy) is 1. The molecule has 1 amide bonds. The van der Waals surface area contributed by atoms with E-state index < -0.39 is 10.0 Å². The maximum absolute atomic E-state index is 12.3. The van der Waals surface area contributed by atoms with Crippen LogP contribution in [0.1, 0.15) is 12.5 Å². The predicted molar refractivity (Wildman–Crippen MR) is 107 cm³/mol. The van der Waals surface area contributed by atoms with E-state index in [0.717, 1.165) is 22.0 Å². The normalized spacial score (nSPS) is 11.3. The van der Waals surface area contributed by atoms with Crippen molar-refractivity contribution in [2.45, 2.75) is 18.2 Å². The van der Waals surface area contributed by atoms with Crippen LogP contribution in [-0.2, 0) is 21.2 Å². The van der Waals surface area contributed by atoms with E-state index in [1.54, 1.807) is 6.07 Å². The second-order valence-corrected chi connectivity index (χ2v) is 8.26. The Balaban J connectivity index is 2.12. The lowest BCUT2D eigenvalue weighted by molar-refractivity contribution is -0.114. The predicted octanol–water partition coefficient (Wildman–Crippen LogP) is 2.56. The van der Waals surface area contributed by atoms with Crippen molar-refractivity contribution in [3.63, 3.8) is 0 Å². The molecule has 0 aliphatic rings. The highest BCUT2D eigenvalue weighted by atomic mass is 32.2. The van der Waals surface area contributed by atoms with Gasteiger partial charge in [0.2, 0.25) is 15.9 Å². The van der Waals surface area contributed by atoms with Crippen molar-refractivity contribution in [2.75, 3.05) is 38.4 Å². The third-order valence-electron chi connectivity index (χ3n) is 4.01. The lowest BCUT2D eigenvalue weighted by Gasteiger charge is -2.15. The Kier molecular flexibility index (Phi) is 6.81. The molecule has 8 heteroatoms. The number of anilines is 2. The molecular weight excluding hydrogens is 366 g/mol. The summed E-state index contributed by atoms with van der Waals surface area (Å²) >= 11 is 0. The first-order chi connectivity index (χ1) is 12.8. The van der Waals surface area contributed by atoms with E-state index in [4.69, 9.17) is 4.74 Å². The van der Waals surface area contributed by atoms with Crippen LogP contribution in [0.4, 0.5) is 11.4 Å². The smallest absolute Gasteiger partial charge is 0.243 e. The number of sulfonamides is 1. The van der Waals surface area contributed by atoms with Crippen LogP contribution in [0.2, 0.25) is 0 Å². The molecule has 0 fully saturated rings. The summed E-state index contributed by atoms with van der Waals surface area (Å²) in [5, 5.41) is 5.76. The molecule has 0 aromatic heterocycles. The van der Waals surface area contributed by atoms with Gasteiger partial charge in [0.15, 0.2) is 0 Å². The van der Waals surface area contributed by atoms with Gasteiger partial charge < -0.3 is 15.4 Å². The fourth-order valence-corrected chi connectivity index (χ4v) is 3.37. The molecular formula is C19H25N3O4S. The molecule has 0 saturated heterocycles. The van der Waals surface area contributed by atoms with Crippen LogP contribution in [0.3, 0.4) is 0 Å². The zero-order valence-electron chi connectivity index (χ0n) is 15.9. The number of hydrogen-bond acceptors (Lipinski definition) is 5. The summed E-state index contributed by atoms with van der Waals surface area (Å²) in [6, 6.07) is 12.1. The fraction of sp³-hybridized carbons (Fsp3) is 0.316. The van der Waals surface area contributed by atoms with Gasteiger partial charge in [0.1, 0.15) is 5.75 Å². The second kappa shape index (κ2) is 8.88. The number of hydrogen-bond donors (Lipinski definition) is 2. The number of carbonyl (C=O) groups excluding carboxylic acids is 1. The van der Waals surface area contributed by atoms with Crippen LogP contribution in [-0.4, -0.2) is 46.4 Å². The molecule has 2 aromatic carbocycles. The molecule has 27 heavy (non-hydrogen) atoms. The van der Waals surface area contributed by atoms with Crippen LogP contribution >= 0.6 is 0 Å². The Bertz CT molecular complexity index is 911. The number of aryl methyl sites for hydroxylation is 1. The minimum absolute atomic E-state index is 0.0296. The van der Waals surface area contributed by atoms with Gasteiger partial charge in [-0.3, -0.25) is 4.79 Å². The molecule has 0 bridgehead atoms. The monoisotopic (exact) mass is 391 g/mol. The Morgan fingerprint density at radius 1 is 1.15 bits per heavy atom. The fourth-order valence-electron chi connectivity index (χ4n) is 2.45. The van der Waals surface area contributed by atoms with Crippen LogP contribution in [0.25, 0.3) is 0 Å². The third-order valence-corrected chi connectivity index (χ3v) is 5.82. The van der Waals surface area contributed by atoms with Crippen molar-refractivity contribution >= 4 is 27.3 Å².